The molecule has 2 aromatic heterocycles. The molecular formula is C20H21N5OS. The van der Waals surface area contributed by atoms with Gasteiger partial charge in [0.1, 0.15) is 5.82 Å². The van der Waals surface area contributed by atoms with Crippen LogP contribution in [0.5, 0.6) is 0 Å². The SMILES string of the molecule is Cc1ccc(-n2c(C)nnc2SCCCn2c(=O)[nH]c3ccccc32)cc1. The third-order valence-electron chi connectivity index (χ3n) is 4.53. The normalized spacial score (nSPS) is 11.3. The number of hydrogen-bond donors (Lipinski definition) is 1. The number of H-pyrrole nitrogens is 1. The van der Waals surface area contributed by atoms with E-state index in [-0.39, 0.29) is 5.69 Å². The molecule has 6 nitrogen and oxygen atoms in total. The zero-order valence-electron chi connectivity index (χ0n) is 15.3. The Bertz CT molecular complexity index is 1120. The van der Waals surface area contributed by atoms with Crippen molar-refractivity contribution in [2.24, 2.45) is 0 Å². The van der Waals surface area contributed by atoms with Gasteiger partial charge in [-0.2, -0.15) is 0 Å². The number of imidazole rings is 1. The maximum Gasteiger partial charge on any atom is 0.326 e. The molecule has 0 fully saturated rings. The number of rotatable bonds is 6. The summed E-state index contributed by atoms with van der Waals surface area (Å²) in [6.07, 6.45) is 0.867. The highest BCUT2D eigenvalue weighted by atomic mass is 32.2. The van der Waals surface area contributed by atoms with Crippen molar-refractivity contribution in [3.63, 3.8) is 0 Å². The Labute approximate surface area is 161 Å². The van der Waals surface area contributed by atoms with Crippen LogP contribution >= 0.6 is 11.8 Å². The molecule has 0 saturated heterocycles. The molecule has 0 radical (unpaired) electrons. The summed E-state index contributed by atoms with van der Waals surface area (Å²) in [6, 6.07) is 16.1. The van der Waals surface area contributed by atoms with E-state index in [1.807, 2.05) is 31.2 Å². The van der Waals surface area contributed by atoms with Crippen LogP contribution in [0, 0.1) is 13.8 Å². The number of nitrogens with zero attached hydrogens (tertiary/aromatic N) is 4. The lowest BCUT2D eigenvalue weighted by atomic mass is 10.2. The van der Waals surface area contributed by atoms with Crippen molar-refractivity contribution < 1.29 is 0 Å². The van der Waals surface area contributed by atoms with Crippen LogP contribution in [-0.2, 0) is 6.54 Å². The largest absolute Gasteiger partial charge is 0.326 e. The van der Waals surface area contributed by atoms with E-state index in [1.54, 1.807) is 16.3 Å². The van der Waals surface area contributed by atoms with E-state index in [1.165, 1.54) is 5.56 Å². The van der Waals surface area contributed by atoms with Gasteiger partial charge in [0, 0.05) is 18.0 Å². The molecule has 0 saturated carbocycles. The number of para-hydroxylation sites is 2. The molecular weight excluding hydrogens is 358 g/mol. The van der Waals surface area contributed by atoms with Crippen molar-refractivity contribution in [3.05, 3.63) is 70.4 Å². The highest BCUT2D eigenvalue weighted by molar-refractivity contribution is 7.99. The van der Waals surface area contributed by atoms with Gasteiger partial charge in [-0.3, -0.25) is 9.13 Å². The number of hydrogen-bond acceptors (Lipinski definition) is 4. The van der Waals surface area contributed by atoms with Crippen LogP contribution in [0.3, 0.4) is 0 Å². The van der Waals surface area contributed by atoms with Gasteiger partial charge in [0.05, 0.1) is 11.0 Å². The number of aryl methyl sites for hydroxylation is 3. The summed E-state index contributed by atoms with van der Waals surface area (Å²) in [5.74, 6) is 1.73. The Kier molecular flexibility index (Phi) is 4.85. The second kappa shape index (κ2) is 7.44. The molecule has 4 rings (SSSR count). The molecule has 0 atom stereocenters. The zero-order chi connectivity index (χ0) is 18.8. The van der Waals surface area contributed by atoms with Crippen molar-refractivity contribution in [1.29, 1.82) is 0 Å². The van der Waals surface area contributed by atoms with E-state index in [9.17, 15) is 4.79 Å². The first kappa shape index (κ1) is 17.6. The first-order chi connectivity index (χ1) is 13.1. The standard InChI is InChI=1S/C20H21N5OS/c1-14-8-10-16(11-9-14)25-15(2)22-23-20(25)27-13-5-12-24-18-7-4-3-6-17(18)21-19(24)26/h3-4,6-11H,5,12-13H2,1-2H3,(H,21,26). The lowest BCUT2D eigenvalue weighted by Crippen LogP contribution is -2.17. The molecule has 2 aromatic carbocycles. The molecule has 0 bridgehead atoms. The maximum atomic E-state index is 12.1. The fourth-order valence-corrected chi connectivity index (χ4v) is 4.06. The summed E-state index contributed by atoms with van der Waals surface area (Å²) < 4.78 is 3.87. The molecule has 27 heavy (non-hydrogen) atoms. The molecule has 0 amide bonds. The van der Waals surface area contributed by atoms with Gasteiger partial charge in [-0.15, -0.1) is 10.2 Å². The number of aromatic nitrogens is 5. The van der Waals surface area contributed by atoms with Crippen molar-refractivity contribution in [2.75, 3.05) is 5.75 Å². The minimum atomic E-state index is -0.0557. The van der Waals surface area contributed by atoms with Gasteiger partial charge in [0.2, 0.25) is 0 Å². The monoisotopic (exact) mass is 379 g/mol. The Morgan fingerprint density at radius 3 is 2.63 bits per heavy atom. The first-order valence-electron chi connectivity index (χ1n) is 8.93. The smallest absolute Gasteiger partial charge is 0.306 e. The van der Waals surface area contributed by atoms with Crippen molar-refractivity contribution >= 4 is 22.8 Å². The van der Waals surface area contributed by atoms with Crippen LogP contribution in [-0.4, -0.2) is 30.1 Å². The van der Waals surface area contributed by atoms with Crippen LogP contribution < -0.4 is 5.69 Å². The molecule has 0 aliphatic carbocycles. The lowest BCUT2D eigenvalue weighted by molar-refractivity contribution is 0.678. The Balaban J connectivity index is 1.45. The molecule has 0 spiro atoms. The van der Waals surface area contributed by atoms with Gasteiger partial charge < -0.3 is 4.98 Å². The summed E-state index contributed by atoms with van der Waals surface area (Å²) in [7, 11) is 0. The lowest BCUT2D eigenvalue weighted by Gasteiger charge is -2.09. The predicted octanol–water partition coefficient (Wildman–Crippen LogP) is 3.71. The molecule has 7 heteroatoms. The first-order valence-corrected chi connectivity index (χ1v) is 9.91. The third-order valence-corrected chi connectivity index (χ3v) is 5.54. The molecule has 0 aliphatic rings. The van der Waals surface area contributed by atoms with Crippen molar-refractivity contribution in [2.45, 2.75) is 32.0 Å². The number of benzene rings is 2. The summed E-state index contributed by atoms with van der Waals surface area (Å²) in [5.41, 5.74) is 4.07. The number of aromatic amines is 1. The maximum absolute atomic E-state index is 12.1. The topological polar surface area (TPSA) is 68.5 Å². The predicted molar refractivity (Wildman–Crippen MR) is 109 cm³/mol. The van der Waals surface area contributed by atoms with Crippen molar-refractivity contribution in [3.8, 4) is 5.69 Å². The average molecular weight is 379 g/mol. The van der Waals surface area contributed by atoms with Gasteiger partial charge >= 0.3 is 5.69 Å². The van der Waals surface area contributed by atoms with Crippen LogP contribution in [0.1, 0.15) is 17.8 Å². The minimum Gasteiger partial charge on any atom is -0.306 e. The van der Waals surface area contributed by atoms with Crippen molar-refractivity contribution in [1.82, 2.24) is 24.3 Å². The molecule has 1 N–H and O–H groups in total. The van der Waals surface area contributed by atoms with E-state index in [0.717, 1.165) is 39.9 Å². The second-order valence-electron chi connectivity index (χ2n) is 6.50. The van der Waals surface area contributed by atoms with Crippen LogP contribution in [0.4, 0.5) is 0 Å². The highest BCUT2D eigenvalue weighted by Gasteiger charge is 2.12. The van der Waals surface area contributed by atoms with E-state index < -0.39 is 0 Å². The average Bonchev–Trinajstić information content (AvgIpc) is 3.19. The highest BCUT2D eigenvalue weighted by Crippen LogP contribution is 2.23. The molecule has 0 unspecified atom stereocenters. The van der Waals surface area contributed by atoms with E-state index in [4.69, 9.17) is 0 Å². The fraction of sp³-hybridized carbons (Fsp3) is 0.250. The van der Waals surface area contributed by atoms with E-state index >= 15 is 0 Å². The summed E-state index contributed by atoms with van der Waals surface area (Å²) in [4.78, 5) is 15.0. The van der Waals surface area contributed by atoms with E-state index in [2.05, 4.69) is 50.9 Å². The molecule has 138 valence electrons. The van der Waals surface area contributed by atoms with Crippen LogP contribution in [0.25, 0.3) is 16.7 Å². The molecule has 4 aromatic rings. The second-order valence-corrected chi connectivity index (χ2v) is 7.56. The molecule has 0 aliphatic heterocycles. The number of nitrogens with one attached hydrogen (secondary N) is 1. The van der Waals surface area contributed by atoms with Crippen LogP contribution in [0.2, 0.25) is 0 Å². The Hall–Kier alpha value is -2.80. The Morgan fingerprint density at radius 2 is 1.81 bits per heavy atom. The Morgan fingerprint density at radius 1 is 1.04 bits per heavy atom. The van der Waals surface area contributed by atoms with Gasteiger partial charge in [-0.05, 0) is 44.5 Å². The van der Waals surface area contributed by atoms with Gasteiger partial charge in [0.15, 0.2) is 5.16 Å². The van der Waals surface area contributed by atoms with Gasteiger partial charge in [0.25, 0.3) is 0 Å². The third kappa shape index (κ3) is 3.55. The summed E-state index contributed by atoms with van der Waals surface area (Å²) in [5, 5.41) is 9.43. The van der Waals surface area contributed by atoms with Crippen LogP contribution in [0.15, 0.2) is 58.5 Å². The molecule has 2 heterocycles. The summed E-state index contributed by atoms with van der Waals surface area (Å²) >= 11 is 1.66. The number of fused-ring (bicyclic) bond motifs is 1. The fourth-order valence-electron chi connectivity index (χ4n) is 3.14. The number of thioether (sulfide) groups is 1. The van der Waals surface area contributed by atoms with Gasteiger partial charge in [-0.1, -0.05) is 41.6 Å². The van der Waals surface area contributed by atoms with Gasteiger partial charge in [-0.25, -0.2) is 4.79 Å². The minimum absolute atomic E-state index is 0.0557. The van der Waals surface area contributed by atoms with E-state index in [0.29, 0.717) is 6.54 Å². The summed E-state index contributed by atoms with van der Waals surface area (Å²) in [6.45, 7) is 4.71. The zero-order valence-corrected chi connectivity index (χ0v) is 16.2. The quantitative estimate of drug-likeness (QED) is 0.410.